The van der Waals surface area contributed by atoms with Crippen LogP contribution < -0.4 is 0 Å². The highest BCUT2D eigenvalue weighted by Crippen LogP contribution is 2.39. The normalized spacial score (nSPS) is 13.8. The Bertz CT molecular complexity index is 269. The van der Waals surface area contributed by atoms with Crippen LogP contribution in [0.1, 0.15) is 169 Å². The first-order valence-corrected chi connectivity index (χ1v) is 13.2. The summed E-state index contributed by atoms with van der Waals surface area (Å²) in [6.07, 6.45) is 32.1. The second kappa shape index (κ2) is 20.7. The van der Waals surface area contributed by atoms with Crippen LogP contribution in [0.15, 0.2) is 0 Å². The quantitative estimate of drug-likeness (QED) is 0.164. The van der Waals surface area contributed by atoms with Gasteiger partial charge in [-0.1, -0.05) is 150 Å². The van der Waals surface area contributed by atoms with E-state index in [1.54, 1.807) is 0 Å². The molecular formula is C27H56. The third-order valence-electron chi connectivity index (χ3n) is 6.90. The van der Waals surface area contributed by atoms with Crippen molar-refractivity contribution < 1.29 is 0 Å². The first kappa shape index (κ1) is 27.0. The van der Waals surface area contributed by atoms with Crippen LogP contribution in [0.2, 0.25) is 0 Å². The molecule has 0 aromatic rings. The number of hydrogen-bond donors (Lipinski definition) is 0. The average Bonchev–Trinajstić information content (AvgIpc) is 2.68. The van der Waals surface area contributed by atoms with E-state index in [0.29, 0.717) is 5.41 Å². The van der Waals surface area contributed by atoms with Crippen LogP contribution in [0, 0.1) is 5.41 Å². The molecule has 0 saturated carbocycles. The lowest BCUT2D eigenvalue weighted by atomic mass is 9.72. The Morgan fingerprint density at radius 1 is 0.333 bits per heavy atom. The largest absolute Gasteiger partial charge is 0.0654 e. The Labute approximate surface area is 174 Å². The van der Waals surface area contributed by atoms with E-state index < -0.39 is 0 Å². The highest BCUT2D eigenvalue weighted by Gasteiger charge is 2.25. The molecule has 0 radical (unpaired) electrons. The molecule has 164 valence electrons. The molecule has 0 aliphatic rings. The molecule has 0 saturated heterocycles. The van der Waals surface area contributed by atoms with Crippen molar-refractivity contribution in [1.82, 2.24) is 0 Å². The average molecular weight is 381 g/mol. The summed E-state index contributed by atoms with van der Waals surface area (Å²) in [5.74, 6) is 0. The minimum Gasteiger partial charge on any atom is -0.0654 e. The van der Waals surface area contributed by atoms with Crippen molar-refractivity contribution in [1.29, 1.82) is 0 Å². The number of hydrogen-bond acceptors (Lipinski definition) is 0. The molecule has 0 amide bonds. The Hall–Kier alpha value is 0. The molecular weight excluding hydrogens is 324 g/mol. The topological polar surface area (TPSA) is 0 Å². The van der Waals surface area contributed by atoms with Crippen molar-refractivity contribution in [3.05, 3.63) is 0 Å². The molecule has 0 bridgehead atoms. The molecule has 0 nitrogen and oxygen atoms in total. The predicted octanol–water partition coefficient (Wildman–Crippen LogP) is 10.6. The molecule has 0 spiro atoms. The van der Waals surface area contributed by atoms with Crippen molar-refractivity contribution in [3.8, 4) is 0 Å². The van der Waals surface area contributed by atoms with Crippen LogP contribution in [0.3, 0.4) is 0 Å². The van der Waals surface area contributed by atoms with Gasteiger partial charge in [0.15, 0.2) is 0 Å². The molecule has 0 heteroatoms. The molecule has 0 aliphatic heterocycles. The second-order valence-corrected chi connectivity index (χ2v) is 9.41. The maximum atomic E-state index is 2.47. The Kier molecular flexibility index (Phi) is 20.7. The Balaban J connectivity index is 3.81. The minimum atomic E-state index is 0.679. The van der Waals surface area contributed by atoms with Crippen molar-refractivity contribution in [2.75, 3.05) is 0 Å². The lowest BCUT2D eigenvalue weighted by molar-refractivity contribution is 0.191. The molecule has 0 aliphatic carbocycles. The van der Waals surface area contributed by atoms with E-state index in [1.165, 1.54) is 141 Å². The van der Waals surface area contributed by atoms with Gasteiger partial charge in [0.2, 0.25) is 0 Å². The highest BCUT2D eigenvalue weighted by atomic mass is 14.3. The maximum absolute atomic E-state index is 2.47. The molecule has 1 unspecified atom stereocenters. The summed E-state index contributed by atoms with van der Waals surface area (Å²) < 4.78 is 0. The fourth-order valence-electron chi connectivity index (χ4n) is 4.88. The van der Waals surface area contributed by atoms with E-state index in [2.05, 4.69) is 27.7 Å². The van der Waals surface area contributed by atoms with E-state index >= 15 is 0 Å². The highest BCUT2D eigenvalue weighted by molar-refractivity contribution is 4.78. The monoisotopic (exact) mass is 380 g/mol. The van der Waals surface area contributed by atoms with Crippen LogP contribution in [-0.2, 0) is 0 Å². The number of rotatable bonds is 22. The van der Waals surface area contributed by atoms with E-state index in [0.717, 1.165) is 0 Å². The predicted molar refractivity (Wildman–Crippen MR) is 127 cm³/mol. The molecule has 27 heavy (non-hydrogen) atoms. The summed E-state index contributed by atoms with van der Waals surface area (Å²) in [5.41, 5.74) is 0.679. The summed E-state index contributed by atoms with van der Waals surface area (Å²) in [7, 11) is 0. The van der Waals surface area contributed by atoms with Crippen molar-refractivity contribution >= 4 is 0 Å². The standard InChI is InChI=1S/C27H56/c1-5-9-11-13-15-16-17-19-21-23-26-27(8-4,24-7-3)25-22-20-18-14-12-10-6-2/h5-26H2,1-4H3. The van der Waals surface area contributed by atoms with Gasteiger partial charge < -0.3 is 0 Å². The first-order valence-electron chi connectivity index (χ1n) is 13.2. The molecule has 0 fully saturated rings. The third-order valence-corrected chi connectivity index (χ3v) is 6.90. The zero-order valence-electron chi connectivity index (χ0n) is 20.1. The zero-order chi connectivity index (χ0) is 20.1. The van der Waals surface area contributed by atoms with Gasteiger partial charge >= 0.3 is 0 Å². The van der Waals surface area contributed by atoms with Crippen LogP contribution in [0.4, 0.5) is 0 Å². The lowest BCUT2D eigenvalue weighted by Crippen LogP contribution is -2.20. The minimum absolute atomic E-state index is 0.679. The van der Waals surface area contributed by atoms with E-state index in [-0.39, 0.29) is 0 Å². The van der Waals surface area contributed by atoms with Crippen LogP contribution >= 0.6 is 0 Å². The second-order valence-electron chi connectivity index (χ2n) is 9.41. The summed E-state index contributed by atoms with van der Waals surface area (Å²) >= 11 is 0. The fourth-order valence-corrected chi connectivity index (χ4v) is 4.88. The van der Waals surface area contributed by atoms with E-state index in [4.69, 9.17) is 0 Å². The van der Waals surface area contributed by atoms with Crippen LogP contribution in [0.5, 0.6) is 0 Å². The van der Waals surface area contributed by atoms with Gasteiger partial charge in [-0.05, 0) is 24.7 Å². The van der Waals surface area contributed by atoms with Gasteiger partial charge in [-0.25, -0.2) is 0 Å². The molecule has 0 heterocycles. The molecule has 0 N–H and O–H groups in total. The zero-order valence-corrected chi connectivity index (χ0v) is 20.1. The molecule has 0 aromatic heterocycles. The van der Waals surface area contributed by atoms with Gasteiger partial charge in [0.05, 0.1) is 0 Å². The van der Waals surface area contributed by atoms with E-state index in [1.807, 2.05) is 0 Å². The van der Waals surface area contributed by atoms with Crippen molar-refractivity contribution in [2.45, 2.75) is 169 Å². The van der Waals surface area contributed by atoms with Gasteiger partial charge in [-0.3, -0.25) is 0 Å². The van der Waals surface area contributed by atoms with Gasteiger partial charge in [0.1, 0.15) is 0 Å². The van der Waals surface area contributed by atoms with Crippen LogP contribution in [-0.4, -0.2) is 0 Å². The summed E-state index contributed by atoms with van der Waals surface area (Å²) in [4.78, 5) is 0. The first-order chi connectivity index (χ1) is 13.2. The van der Waals surface area contributed by atoms with Gasteiger partial charge in [0.25, 0.3) is 0 Å². The maximum Gasteiger partial charge on any atom is -0.0300 e. The van der Waals surface area contributed by atoms with Crippen LogP contribution in [0.25, 0.3) is 0 Å². The summed E-state index contributed by atoms with van der Waals surface area (Å²) in [5, 5.41) is 0. The van der Waals surface area contributed by atoms with E-state index in [9.17, 15) is 0 Å². The van der Waals surface area contributed by atoms with Gasteiger partial charge in [-0.15, -0.1) is 0 Å². The van der Waals surface area contributed by atoms with Gasteiger partial charge in [-0.2, -0.15) is 0 Å². The SMILES string of the molecule is CCCCCCCCCCCCC(CC)(CCC)CCCCCCCCC. The summed E-state index contributed by atoms with van der Waals surface area (Å²) in [6, 6.07) is 0. The van der Waals surface area contributed by atoms with Crippen molar-refractivity contribution in [3.63, 3.8) is 0 Å². The molecule has 0 aromatic carbocycles. The lowest BCUT2D eigenvalue weighted by Gasteiger charge is -2.33. The fraction of sp³-hybridized carbons (Fsp3) is 1.00. The Morgan fingerprint density at radius 3 is 0.963 bits per heavy atom. The molecule has 1 atom stereocenters. The van der Waals surface area contributed by atoms with Gasteiger partial charge in [0, 0.05) is 0 Å². The Morgan fingerprint density at radius 2 is 0.667 bits per heavy atom. The summed E-state index contributed by atoms with van der Waals surface area (Å²) in [6.45, 7) is 9.48. The molecule has 0 rings (SSSR count). The van der Waals surface area contributed by atoms with Crippen molar-refractivity contribution in [2.24, 2.45) is 5.41 Å². The number of unbranched alkanes of at least 4 members (excludes halogenated alkanes) is 15. The third kappa shape index (κ3) is 16.6. The smallest absolute Gasteiger partial charge is 0.0300 e.